The van der Waals surface area contributed by atoms with Crippen molar-refractivity contribution in [1.29, 1.82) is 0 Å². The number of hydrogen-bond acceptors (Lipinski definition) is 5. The van der Waals surface area contributed by atoms with Crippen molar-refractivity contribution in [3.05, 3.63) is 18.3 Å². The van der Waals surface area contributed by atoms with Crippen LogP contribution in [-0.4, -0.2) is 43.5 Å². The van der Waals surface area contributed by atoms with Gasteiger partial charge in [-0.05, 0) is 0 Å². The maximum Gasteiger partial charge on any atom is 0.305 e. The minimum atomic E-state index is -0.973. The third-order valence-electron chi connectivity index (χ3n) is 2.06. The summed E-state index contributed by atoms with van der Waals surface area (Å²) in [6.45, 7) is 0.0494. The van der Waals surface area contributed by atoms with Crippen LogP contribution in [0.3, 0.4) is 0 Å². The molecule has 0 radical (unpaired) electrons. The second-order valence-electron chi connectivity index (χ2n) is 3.22. The Kier molecular flexibility index (Phi) is 2.95. The molecule has 0 aliphatic rings. The van der Waals surface area contributed by atoms with Gasteiger partial charge in [-0.1, -0.05) is 0 Å². The third kappa shape index (κ3) is 2.36. The molecule has 0 aromatic carbocycles. The minimum Gasteiger partial charge on any atom is -0.481 e. The van der Waals surface area contributed by atoms with Crippen molar-refractivity contribution in [2.45, 2.75) is 6.42 Å². The maximum atomic E-state index is 11.7. The summed E-state index contributed by atoms with van der Waals surface area (Å²) in [5.41, 5.74) is 0.974. The number of hydrogen-bond donors (Lipinski definition) is 3. The number of imidazole rings is 1. The summed E-state index contributed by atoms with van der Waals surface area (Å²) in [7, 11) is 0. The molecule has 2 aromatic rings. The molecule has 2 rings (SSSR count). The van der Waals surface area contributed by atoms with Gasteiger partial charge in [-0.25, -0.2) is 15.0 Å². The Morgan fingerprint density at radius 2 is 2.18 bits per heavy atom. The average molecular weight is 235 g/mol. The molecule has 0 saturated heterocycles. The average Bonchev–Trinajstić information content (AvgIpc) is 2.75. The number of aromatic amines is 1. The largest absolute Gasteiger partial charge is 0.481 e. The summed E-state index contributed by atoms with van der Waals surface area (Å²) in [6.07, 6.45) is 2.51. The van der Waals surface area contributed by atoms with E-state index in [1.54, 1.807) is 0 Å². The van der Waals surface area contributed by atoms with Crippen molar-refractivity contribution in [3.8, 4) is 0 Å². The van der Waals surface area contributed by atoms with Crippen molar-refractivity contribution in [1.82, 2.24) is 25.3 Å². The quantitative estimate of drug-likeness (QED) is 0.660. The van der Waals surface area contributed by atoms with Crippen LogP contribution in [-0.2, 0) is 4.79 Å². The van der Waals surface area contributed by atoms with E-state index < -0.39 is 11.9 Å². The highest BCUT2D eigenvalue weighted by Crippen LogP contribution is 2.08. The fourth-order valence-corrected chi connectivity index (χ4v) is 1.30. The molecule has 1 amide bonds. The molecule has 88 valence electrons. The number of nitrogens with one attached hydrogen (secondary N) is 2. The first-order chi connectivity index (χ1) is 8.18. The van der Waals surface area contributed by atoms with Crippen molar-refractivity contribution in [3.63, 3.8) is 0 Å². The summed E-state index contributed by atoms with van der Waals surface area (Å²) < 4.78 is 0. The monoisotopic (exact) mass is 235 g/mol. The zero-order valence-corrected chi connectivity index (χ0v) is 8.67. The molecule has 0 saturated carbocycles. The third-order valence-corrected chi connectivity index (χ3v) is 2.06. The molecule has 0 spiro atoms. The zero-order chi connectivity index (χ0) is 12.3. The maximum absolute atomic E-state index is 11.7. The number of aromatic nitrogens is 4. The number of aliphatic carboxylic acids is 1. The molecule has 0 unspecified atom stereocenters. The second-order valence-corrected chi connectivity index (χ2v) is 3.22. The number of carbonyl (C=O) groups excluding carboxylic acids is 1. The molecule has 2 aromatic heterocycles. The van der Waals surface area contributed by atoms with Crippen LogP contribution in [0.1, 0.15) is 16.9 Å². The summed E-state index contributed by atoms with van der Waals surface area (Å²) in [5, 5.41) is 10.9. The van der Waals surface area contributed by atoms with Crippen LogP contribution < -0.4 is 5.32 Å². The molecule has 2 heterocycles. The molecule has 8 heteroatoms. The lowest BCUT2D eigenvalue weighted by Gasteiger charge is -2.02. The lowest BCUT2D eigenvalue weighted by Crippen LogP contribution is -2.27. The molecule has 0 atom stereocenters. The van der Waals surface area contributed by atoms with E-state index >= 15 is 0 Å². The van der Waals surface area contributed by atoms with Crippen LogP contribution in [0, 0.1) is 0 Å². The number of carbonyl (C=O) groups is 2. The number of fused-ring (bicyclic) bond motifs is 1. The summed E-state index contributed by atoms with van der Waals surface area (Å²) in [5.74, 6) is -1.43. The van der Waals surface area contributed by atoms with E-state index in [2.05, 4.69) is 25.3 Å². The topological polar surface area (TPSA) is 121 Å². The second kappa shape index (κ2) is 4.56. The minimum absolute atomic E-state index is 0.0494. The van der Waals surface area contributed by atoms with E-state index in [1.165, 1.54) is 12.7 Å². The van der Waals surface area contributed by atoms with Gasteiger partial charge < -0.3 is 15.4 Å². The van der Waals surface area contributed by atoms with Gasteiger partial charge in [0, 0.05) is 6.54 Å². The predicted octanol–water partition coefficient (Wildman–Crippen LogP) is -0.443. The van der Waals surface area contributed by atoms with Crippen LogP contribution in [0.5, 0.6) is 0 Å². The van der Waals surface area contributed by atoms with Crippen LogP contribution >= 0.6 is 0 Å². The van der Waals surface area contributed by atoms with Crippen molar-refractivity contribution >= 4 is 23.0 Å². The molecule has 17 heavy (non-hydrogen) atoms. The van der Waals surface area contributed by atoms with Gasteiger partial charge in [0.2, 0.25) is 0 Å². The molecular formula is C9H9N5O3. The number of rotatable bonds is 4. The van der Waals surface area contributed by atoms with Gasteiger partial charge in [0.25, 0.3) is 5.91 Å². The summed E-state index contributed by atoms with van der Waals surface area (Å²) in [4.78, 5) is 36.3. The van der Waals surface area contributed by atoms with E-state index in [0.29, 0.717) is 11.2 Å². The molecule has 8 nitrogen and oxygen atoms in total. The van der Waals surface area contributed by atoms with Gasteiger partial charge in [0.05, 0.1) is 12.7 Å². The molecule has 0 aliphatic heterocycles. The first-order valence-corrected chi connectivity index (χ1v) is 4.82. The molecule has 0 bridgehead atoms. The Morgan fingerprint density at radius 3 is 2.94 bits per heavy atom. The number of amides is 1. The highest BCUT2D eigenvalue weighted by atomic mass is 16.4. The van der Waals surface area contributed by atoms with E-state index in [-0.39, 0.29) is 18.7 Å². The van der Waals surface area contributed by atoms with Crippen LogP contribution in [0.4, 0.5) is 0 Å². The molecule has 0 fully saturated rings. The van der Waals surface area contributed by atoms with Crippen molar-refractivity contribution in [2.24, 2.45) is 0 Å². The van der Waals surface area contributed by atoms with E-state index in [1.807, 2.05) is 0 Å². The smallest absolute Gasteiger partial charge is 0.305 e. The summed E-state index contributed by atoms with van der Waals surface area (Å²) in [6, 6.07) is 0. The molecular weight excluding hydrogens is 226 g/mol. The number of H-pyrrole nitrogens is 1. The fraction of sp³-hybridized carbons (Fsp3) is 0.222. The number of carboxylic acids is 1. The van der Waals surface area contributed by atoms with Gasteiger partial charge >= 0.3 is 5.97 Å². The van der Waals surface area contributed by atoms with Gasteiger partial charge in [0.15, 0.2) is 11.3 Å². The predicted molar refractivity (Wildman–Crippen MR) is 56.3 cm³/mol. The Balaban J connectivity index is 2.13. The van der Waals surface area contributed by atoms with E-state index in [4.69, 9.17) is 5.11 Å². The Hall–Kier alpha value is -2.51. The zero-order valence-electron chi connectivity index (χ0n) is 8.67. The van der Waals surface area contributed by atoms with Gasteiger partial charge in [-0.15, -0.1) is 0 Å². The highest BCUT2D eigenvalue weighted by molar-refractivity contribution is 6.01. The SMILES string of the molecule is O=C(O)CCNC(=O)c1ncnc2nc[nH]c12. The Bertz CT molecular complexity index is 565. The Labute approximate surface area is 95.1 Å². The van der Waals surface area contributed by atoms with Crippen LogP contribution in [0.25, 0.3) is 11.2 Å². The van der Waals surface area contributed by atoms with Crippen LogP contribution in [0.15, 0.2) is 12.7 Å². The first-order valence-electron chi connectivity index (χ1n) is 4.82. The number of nitrogens with zero attached hydrogens (tertiary/aromatic N) is 3. The lowest BCUT2D eigenvalue weighted by atomic mass is 10.3. The van der Waals surface area contributed by atoms with Crippen molar-refractivity contribution in [2.75, 3.05) is 6.54 Å². The van der Waals surface area contributed by atoms with Gasteiger partial charge in [0.1, 0.15) is 11.8 Å². The lowest BCUT2D eigenvalue weighted by molar-refractivity contribution is -0.136. The fourth-order valence-electron chi connectivity index (χ4n) is 1.30. The van der Waals surface area contributed by atoms with Crippen molar-refractivity contribution < 1.29 is 14.7 Å². The summed E-state index contributed by atoms with van der Waals surface area (Å²) >= 11 is 0. The Morgan fingerprint density at radius 1 is 1.35 bits per heavy atom. The molecule has 0 aliphatic carbocycles. The van der Waals surface area contributed by atoms with Gasteiger partial charge in [-0.2, -0.15) is 0 Å². The normalized spacial score (nSPS) is 10.4. The van der Waals surface area contributed by atoms with E-state index in [9.17, 15) is 9.59 Å². The highest BCUT2D eigenvalue weighted by Gasteiger charge is 2.13. The standard InChI is InChI=1S/C9H9N5O3/c15-5(16)1-2-10-9(17)7-6-8(13-3-11-6)14-4-12-7/h3-4H,1-2H2,(H,10,17)(H,15,16)(H,11,12,13,14). The van der Waals surface area contributed by atoms with Crippen LogP contribution in [0.2, 0.25) is 0 Å². The molecule has 3 N–H and O–H groups in total. The van der Waals surface area contributed by atoms with E-state index in [0.717, 1.165) is 0 Å². The number of carboxylic acid groups (broad SMARTS) is 1. The first kappa shape index (κ1) is 11.0. The van der Waals surface area contributed by atoms with Gasteiger partial charge in [-0.3, -0.25) is 9.59 Å².